The molecular formula is C10H9BrCl2N4. The summed E-state index contributed by atoms with van der Waals surface area (Å²) in [4.78, 5) is 0. The summed E-state index contributed by atoms with van der Waals surface area (Å²) in [6, 6.07) is 3.72. The van der Waals surface area contributed by atoms with Crippen LogP contribution in [0.4, 0.5) is 0 Å². The zero-order chi connectivity index (χ0) is 12.6. The van der Waals surface area contributed by atoms with E-state index in [0.29, 0.717) is 10.8 Å². The molecular weight excluding hydrogens is 327 g/mol. The second kappa shape index (κ2) is 4.92. The summed E-state index contributed by atoms with van der Waals surface area (Å²) in [5.74, 6) is 0.576. The Labute approximate surface area is 117 Å². The van der Waals surface area contributed by atoms with Gasteiger partial charge in [-0.25, -0.2) is 0 Å². The molecule has 7 heteroatoms. The lowest BCUT2D eigenvalue weighted by molar-refractivity contribution is 0.758. The van der Waals surface area contributed by atoms with E-state index in [2.05, 4.69) is 31.5 Å². The predicted molar refractivity (Wildman–Crippen MR) is 70.9 cm³/mol. The van der Waals surface area contributed by atoms with Crippen LogP contribution in [0, 0.1) is 6.92 Å². The third-order valence-corrected chi connectivity index (χ3v) is 3.54. The number of alkyl halides is 1. The van der Waals surface area contributed by atoms with Crippen LogP contribution in [-0.4, -0.2) is 20.2 Å². The van der Waals surface area contributed by atoms with Gasteiger partial charge in [0.1, 0.15) is 0 Å². The Hall–Kier alpha value is -0.650. The maximum atomic E-state index is 6.10. The summed E-state index contributed by atoms with van der Waals surface area (Å²) in [7, 11) is 0. The Kier molecular flexibility index (Phi) is 3.70. The Morgan fingerprint density at radius 3 is 2.76 bits per heavy atom. The van der Waals surface area contributed by atoms with Crippen LogP contribution in [-0.2, 0) is 0 Å². The zero-order valence-corrected chi connectivity index (χ0v) is 12.3. The third kappa shape index (κ3) is 2.46. The van der Waals surface area contributed by atoms with Crippen molar-refractivity contribution in [3.05, 3.63) is 33.0 Å². The summed E-state index contributed by atoms with van der Waals surface area (Å²) >= 11 is 15.6. The number of hydrogen-bond donors (Lipinski definition) is 0. The zero-order valence-electron chi connectivity index (χ0n) is 9.15. The smallest absolute Gasteiger partial charge is 0.174 e. The first-order valence-corrected chi connectivity index (χ1v) is 6.50. The van der Waals surface area contributed by atoms with Crippen LogP contribution in [0.5, 0.6) is 0 Å². The van der Waals surface area contributed by atoms with Crippen molar-refractivity contribution in [2.45, 2.75) is 19.2 Å². The second-order valence-corrected chi connectivity index (χ2v) is 5.53. The standard InChI is InChI=1S/C10H9BrCl2N4/c1-5-3-7(11)9(4-8(5)13)17-10(6(2)12)14-15-16-17/h3-4,6H,1-2H3. The molecule has 0 amide bonds. The van der Waals surface area contributed by atoms with Gasteiger partial charge in [0.2, 0.25) is 0 Å². The lowest BCUT2D eigenvalue weighted by atomic mass is 10.2. The Morgan fingerprint density at radius 1 is 1.41 bits per heavy atom. The molecule has 1 atom stereocenters. The van der Waals surface area contributed by atoms with Gasteiger partial charge in [0.05, 0.1) is 11.1 Å². The third-order valence-electron chi connectivity index (χ3n) is 2.31. The molecule has 1 aromatic heterocycles. The molecule has 0 N–H and O–H groups in total. The molecule has 1 heterocycles. The number of aryl methyl sites for hydroxylation is 1. The van der Waals surface area contributed by atoms with E-state index in [9.17, 15) is 0 Å². The van der Waals surface area contributed by atoms with Crippen molar-refractivity contribution in [3.8, 4) is 5.69 Å². The van der Waals surface area contributed by atoms with Crippen molar-refractivity contribution < 1.29 is 0 Å². The first-order chi connectivity index (χ1) is 8.00. The van der Waals surface area contributed by atoms with Crippen molar-refractivity contribution in [2.75, 3.05) is 0 Å². The minimum Gasteiger partial charge on any atom is -0.195 e. The van der Waals surface area contributed by atoms with E-state index in [1.54, 1.807) is 10.7 Å². The van der Waals surface area contributed by atoms with Gasteiger partial charge in [-0.15, -0.1) is 16.7 Å². The van der Waals surface area contributed by atoms with E-state index in [-0.39, 0.29) is 5.38 Å². The Bertz CT molecular complexity index is 553. The lowest BCUT2D eigenvalue weighted by Crippen LogP contribution is -2.05. The molecule has 1 unspecified atom stereocenters. The van der Waals surface area contributed by atoms with E-state index >= 15 is 0 Å². The van der Waals surface area contributed by atoms with Crippen LogP contribution < -0.4 is 0 Å². The Morgan fingerprint density at radius 2 is 2.12 bits per heavy atom. The van der Waals surface area contributed by atoms with E-state index < -0.39 is 0 Å². The minimum atomic E-state index is -0.281. The second-order valence-electron chi connectivity index (χ2n) is 3.62. The highest BCUT2D eigenvalue weighted by molar-refractivity contribution is 9.10. The SMILES string of the molecule is Cc1cc(Br)c(-n2nnnc2C(C)Cl)cc1Cl. The monoisotopic (exact) mass is 334 g/mol. The fourth-order valence-corrected chi connectivity index (χ4v) is 2.33. The Balaban J connectivity index is 2.60. The average Bonchev–Trinajstić information content (AvgIpc) is 2.72. The molecule has 2 aromatic rings. The van der Waals surface area contributed by atoms with Crippen LogP contribution in [0.3, 0.4) is 0 Å². The van der Waals surface area contributed by atoms with Crippen LogP contribution in [0.1, 0.15) is 23.7 Å². The van der Waals surface area contributed by atoms with Crippen LogP contribution in [0.15, 0.2) is 16.6 Å². The van der Waals surface area contributed by atoms with Crippen LogP contribution in [0.25, 0.3) is 5.69 Å². The number of aromatic nitrogens is 4. The normalized spacial score (nSPS) is 12.8. The van der Waals surface area contributed by atoms with Crippen molar-refractivity contribution in [1.82, 2.24) is 20.2 Å². The van der Waals surface area contributed by atoms with Gasteiger partial charge in [-0.05, 0) is 57.9 Å². The average molecular weight is 336 g/mol. The molecule has 0 saturated carbocycles. The maximum Gasteiger partial charge on any atom is 0.174 e. The number of tetrazole rings is 1. The topological polar surface area (TPSA) is 43.6 Å². The van der Waals surface area contributed by atoms with Crippen molar-refractivity contribution >= 4 is 39.1 Å². The van der Waals surface area contributed by atoms with Crippen LogP contribution in [0.2, 0.25) is 5.02 Å². The van der Waals surface area contributed by atoms with Gasteiger partial charge in [0.25, 0.3) is 0 Å². The summed E-state index contributed by atoms with van der Waals surface area (Å²) in [5.41, 5.74) is 1.75. The van der Waals surface area contributed by atoms with E-state index in [1.165, 1.54) is 0 Å². The number of halogens is 3. The molecule has 1 aromatic carbocycles. The molecule has 90 valence electrons. The molecule has 4 nitrogen and oxygen atoms in total. The number of hydrogen-bond acceptors (Lipinski definition) is 3. The molecule has 0 saturated heterocycles. The number of benzene rings is 1. The van der Waals surface area contributed by atoms with E-state index in [0.717, 1.165) is 15.7 Å². The molecule has 0 radical (unpaired) electrons. The van der Waals surface area contributed by atoms with Gasteiger partial charge in [0, 0.05) is 9.50 Å². The predicted octanol–water partition coefficient (Wildman–Crippen LogP) is 3.69. The molecule has 2 rings (SSSR count). The van der Waals surface area contributed by atoms with Gasteiger partial charge in [0.15, 0.2) is 5.82 Å². The summed E-state index contributed by atoms with van der Waals surface area (Å²) < 4.78 is 2.44. The van der Waals surface area contributed by atoms with E-state index in [4.69, 9.17) is 23.2 Å². The highest BCUT2D eigenvalue weighted by Crippen LogP contribution is 2.29. The fraction of sp³-hybridized carbons (Fsp3) is 0.300. The summed E-state index contributed by atoms with van der Waals surface area (Å²) in [5, 5.41) is 11.8. The van der Waals surface area contributed by atoms with Gasteiger partial charge in [-0.3, -0.25) is 0 Å². The van der Waals surface area contributed by atoms with Gasteiger partial charge >= 0.3 is 0 Å². The van der Waals surface area contributed by atoms with Crippen molar-refractivity contribution in [2.24, 2.45) is 0 Å². The molecule has 0 bridgehead atoms. The maximum absolute atomic E-state index is 6.10. The van der Waals surface area contributed by atoms with Gasteiger partial charge in [-0.1, -0.05) is 11.6 Å². The lowest BCUT2D eigenvalue weighted by Gasteiger charge is -2.09. The molecule has 0 aliphatic rings. The van der Waals surface area contributed by atoms with E-state index in [1.807, 2.05) is 19.9 Å². The summed E-state index contributed by atoms with van der Waals surface area (Å²) in [6.45, 7) is 3.75. The highest BCUT2D eigenvalue weighted by Gasteiger charge is 2.16. The largest absolute Gasteiger partial charge is 0.195 e. The fourth-order valence-electron chi connectivity index (χ4n) is 1.41. The van der Waals surface area contributed by atoms with Crippen molar-refractivity contribution in [3.63, 3.8) is 0 Å². The van der Waals surface area contributed by atoms with Crippen LogP contribution >= 0.6 is 39.1 Å². The number of rotatable bonds is 2. The molecule has 0 aliphatic heterocycles. The summed E-state index contributed by atoms with van der Waals surface area (Å²) in [6.07, 6.45) is 0. The molecule has 17 heavy (non-hydrogen) atoms. The molecule has 0 fully saturated rings. The first kappa shape index (κ1) is 12.8. The highest BCUT2D eigenvalue weighted by atomic mass is 79.9. The minimum absolute atomic E-state index is 0.281. The number of nitrogens with zero attached hydrogens (tertiary/aromatic N) is 4. The first-order valence-electron chi connectivity index (χ1n) is 4.89. The van der Waals surface area contributed by atoms with Gasteiger partial charge in [-0.2, -0.15) is 4.68 Å². The molecule has 0 aliphatic carbocycles. The quantitative estimate of drug-likeness (QED) is 0.786. The van der Waals surface area contributed by atoms with Gasteiger partial charge < -0.3 is 0 Å². The molecule has 0 spiro atoms. The van der Waals surface area contributed by atoms with Crippen molar-refractivity contribution in [1.29, 1.82) is 0 Å².